The molecule has 1 aliphatic rings. The van der Waals surface area contributed by atoms with Crippen molar-refractivity contribution in [1.29, 1.82) is 0 Å². The monoisotopic (exact) mass is 984 g/mol. The van der Waals surface area contributed by atoms with Crippen molar-refractivity contribution in [3.63, 3.8) is 0 Å². The Labute approximate surface area is 414 Å². The van der Waals surface area contributed by atoms with Gasteiger partial charge in [0.2, 0.25) is 29.5 Å². The Morgan fingerprint density at radius 1 is 0.714 bits per heavy atom. The largest absolute Gasteiger partial charge is 0.445 e. The van der Waals surface area contributed by atoms with E-state index in [2.05, 4.69) is 28.2 Å². The van der Waals surface area contributed by atoms with Gasteiger partial charge < -0.3 is 46.3 Å². The molecule has 20 nitrogen and oxygen atoms in total. The third-order valence-corrected chi connectivity index (χ3v) is 12.8. The molecule has 1 heterocycles. The summed E-state index contributed by atoms with van der Waals surface area (Å²) in [5.74, 6) is -3.66. The van der Waals surface area contributed by atoms with Gasteiger partial charge in [0.25, 0.3) is 11.8 Å². The van der Waals surface area contributed by atoms with Gasteiger partial charge in [-0.3, -0.25) is 43.4 Å². The number of primary amides is 1. The average Bonchev–Trinajstić information content (AvgIpc) is 3.62. The van der Waals surface area contributed by atoms with Gasteiger partial charge in [-0.15, -0.1) is 0 Å². The molecule has 0 unspecified atom stereocenters. The second kappa shape index (κ2) is 29.2. The van der Waals surface area contributed by atoms with E-state index in [1.165, 1.54) is 36.0 Å². The number of amides is 10. The van der Waals surface area contributed by atoms with E-state index in [9.17, 15) is 43.2 Å². The molecule has 70 heavy (non-hydrogen) atoms. The number of likely N-dealkylation sites (N-methyl/N-ethyl adjacent to an activating group) is 3. The first-order chi connectivity index (χ1) is 32.9. The van der Waals surface area contributed by atoms with Crippen LogP contribution in [0.25, 0.3) is 0 Å². The first-order valence-corrected chi connectivity index (χ1v) is 24.4. The SMILES string of the molecule is CC[C@H](C)[C@@H]([C@@H](C)OC)N(C)C(=O)[C@@H](NC(=O)[C@H](C(C)C)N(C)C(=O)OCc1ccc(NC(=O)[C@H](CCCNC(N)=O)NC(=O)[C@H](C(C)C)N(C)C(=O)CCCCCN2C(=O)C=CC2=O)cc1)C(C)C. The summed E-state index contributed by atoms with van der Waals surface area (Å²) in [6.07, 6.45) is 4.38. The van der Waals surface area contributed by atoms with Gasteiger partial charge in [0.15, 0.2) is 0 Å². The van der Waals surface area contributed by atoms with Crippen molar-refractivity contribution < 1.29 is 52.6 Å². The highest BCUT2D eigenvalue weighted by Crippen LogP contribution is 2.22. The zero-order valence-corrected chi connectivity index (χ0v) is 43.7. The Kier molecular flexibility index (Phi) is 25.1. The number of hydrogen-bond donors (Lipinski definition) is 5. The highest BCUT2D eigenvalue weighted by atomic mass is 16.6. The molecular weight excluding hydrogens is 903 g/mol. The summed E-state index contributed by atoms with van der Waals surface area (Å²) >= 11 is 0. The number of ether oxygens (including phenoxy) is 2. The molecule has 0 fully saturated rings. The number of carbonyl (C=O) groups excluding carboxylic acids is 9. The van der Waals surface area contributed by atoms with E-state index in [1.807, 2.05) is 27.7 Å². The smallest absolute Gasteiger partial charge is 0.410 e. The van der Waals surface area contributed by atoms with E-state index in [1.54, 1.807) is 71.0 Å². The van der Waals surface area contributed by atoms with Gasteiger partial charge in [-0.2, -0.15) is 0 Å². The molecular formula is C50H81N9O11. The number of nitrogens with two attached hydrogens (primary N) is 1. The zero-order valence-electron chi connectivity index (χ0n) is 43.7. The molecule has 0 aliphatic carbocycles. The fraction of sp³-hybridized carbons (Fsp3) is 0.660. The molecule has 392 valence electrons. The molecule has 0 radical (unpaired) electrons. The highest BCUT2D eigenvalue weighted by molar-refractivity contribution is 6.12. The minimum absolute atomic E-state index is 0.118. The second-order valence-electron chi connectivity index (χ2n) is 19.2. The molecule has 0 aromatic heterocycles. The molecule has 0 bridgehead atoms. The number of carbonyl (C=O) groups is 9. The molecule has 20 heteroatoms. The molecule has 0 saturated carbocycles. The number of urea groups is 1. The van der Waals surface area contributed by atoms with Crippen molar-refractivity contribution in [1.82, 2.24) is 35.6 Å². The Morgan fingerprint density at radius 2 is 1.29 bits per heavy atom. The number of rotatable bonds is 29. The predicted molar refractivity (Wildman–Crippen MR) is 265 cm³/mol. The fourth-order valence-corrected chi connectivity index (χ4v) is 8.53. The summed E-state index contributed by atoms with van der Waals surface area (Å²) in [7, 11) is 6.32. The molecule has 7 atom stereocenters. The van der Waals surface area contributed by atoms with Crippen molar-refractivity contribution in [2.45, 2.75) is 150 Å². The lowest BCUT2D eigenvalue weighted by molar-refractivity contribution is -0.143. The lowest BCUT2D eigenvalue weighted by atomic mass is 9.92. The minimum Gasteiger partial charge on any atom is -0.445 e. The number of nitrogens with one attached hydrogen (secondary N) is 4. The topological polar surface area (TPSA) is 259 Å². The van der Waals surface area contributed by atoms with E-state index in [0.29, 0.717) is 30.5 Å². The van der Waals surface area contributed by atoms with Crippen LogP contribution in [0.15, 0.2) is 36.4 Å². The number of benzene rings is 1. The van der Waals surface area contributed by atoms with Crippen LogP contribution in [0.3, 0.4) is 0 Å². The number of methoxy groups -OCH3 is 1. The maximum atomic E-state index is 13.9. The van der Waals surface area contributed by atoms with Gasteiger partial charge in [0.1, 0.15) is 30.8 Å². The summed E-state index contributed by atoms with van der Waals surface area (Å²) in [4.78, 5) is 122. The van der Waals surface area contributed by atoms with Crippen LogP contribution in [-0.4, -0.2) is 151 Å². The van der Waals surface area contributed by atoms with Crippen LogP contribution in [0.2, 0.25) is 0 Å². The summed E-state index contributed by atoms with van der Waals surface area (Å²) in [5.41, 5.74) is 6.17. The first-order valence-electron chi connectivity index (χ1n) is 24.4. The van der Waals surface area contributed by atoms with Crippen LogP contribution in [0, 0.1) is 23.7 Å². The van der Waals surface area contributed by atoms with E-state index in [-0.39, 0.29) is 98.4 Å². The summed E-state index contributed by atoms with van der Waals surface area (Å²) in [6.45, 7) is 17.1. The Morgan fingerprint density at radius 3 is 1.81 bits per heavy atom. The van der Waals surface area contributed by atoms with Gasteiger partial charge in [0, 0.05) is 65.6 Å². The van der Waals surface area contributed by atoms with Crippen LogP contribution >= 0.6 is 0 Å². The van der Waals surface area contributed by atoms with Crippen LogP contribution in [0.1, 0.15) is 113 Å². The predicted octanol–water partition coefficient (Wildman–Crippen LogP) is 4.17. The molecule has 1 aromatic rings. The molecule has 1 aliphatic heterocycles. The van der Waals surface area contributed by atoms with Gasteiger partial charge >= 0.3 is 12.1 Å². The molecule has 1 aromatic carbocycles. The van der Waals surface area contributed by atoms with Crippen LogP contribution in [-0.2, 0) is 49.6 Å². The van der Waals surface area contributed by atoms with Crippen LogP contribution < -0.4 is 27.0 Å². The standard InChI is InChI=1S/C50H81N9O11/c1-14-33(8)44(34(9)69-13)57(11)48(66)41(30(2)3)55-47(65)43(32(6)7)58(12)50(68)70-29-35-21-23-36(24-22-35)53-45(63)37(19-18-27-52-49(51)67)54-46(64)42(31(4)5)56(10)38(60)20-16-15-17-28-59-39(61)25-26-40(59)62/h21-26,30-34,37,41-44H,14-20,27-29H2,1-13H3,(H,53,63)(H,54,64)(H,55,65)(H3,51,52,67)/t33-,34+,37-,41-,42-,43-,44-/m0/s1. The maximum absolute atomic E-state index is 13.9. The van der Waals surface area contributed by atoms with E-state index in [4.69, 9.17) is 15.2 Å². The van der Waals surface area contributed by atoms with Crippen molar-refractivity contribution in [2.24, 2.45) is 29.4 Å². The minimum atomic E-state index is -1.07. The van der Waals surface area contributed by atoms with Crippen LogP contribution in [0.5, 0.6) is 0 Å². The zero-order chi connectivity index (χ0) is 53.0. The van der Waals surface area contributed by atoms with Crippen molar-refractivity contribution in [3.05, 3.63) is 42.0 Å². The average molecular weight is 984 g/mol. The molecule has 0 saturated heterocycles. The van der Waals surface area contributed by atoms with E-state index in [0.717, 1.165) is 11.3 Å². The van der Waals surface area contributed by atoms with E-state index < -0.39 is 54.0 Å². The second-order valence-corrected chi connectivity index (χ2v) is 19.2. The molecule has 2 rings (SSSR count). The molecule has 6 N–H and O–H groups in total. The Hall–Kier alpha value is -6.05. The highest BCUT2D eigenvalue weighted by Gasteiger charge is 2.39. The quantitative estimate of drug-likeness (QED) is 0.0562. The molecule has 0 spiro atoms. The summed E-state index contributed by atoms with van der Waals surface area (Å²) < 4.78 is 11.2. The lowest BCUT2D eigenvalue weighted by Gasteiger charge is -2.39. The first kappa shape index (κ1) is 60.1. The van der Waals surface area contributed by atoms with Crippen molar-refractivity contribution >= 4 is 59.2 Å². The number of hydrogen-bond acceptors (Lipinski definition) is 11. The lowest BCUT2D eigenvalue weighted by Crippen LogP contribution is -2.59. The van der Waals surface area contributed by atoms with Gasteiger partial charge in [-0.25, -0.2) is 9.59 Å². The Bertz CT molecular complexity index is 1950. The van der Waals surface area contributed by atoms with Crippen molar-refractivity contribution in [2.75, 3.05) is 46.7 Å². The summed E-state index contributed by atoms with van der Waals surface area (Å²) in [5, 5.41) is 11.0. The molecule has 10 amide bonds. The normalized spacial score (nSPS) is 15.4. The maximum Gasteiger partial charge on any atom is 0.410 e. The third-order valence-electron chi connectivity index (χ3n) is 12.8. The van der Waals surface area contributed by atoms with Crippen molar-refractivity contribution in [3.8, 4) is 0 Å². The number of imide groups is 1. The number of unbranched alkanes of at least 4 members (excludes halogenated alkanes) is 2. The fourth-order valence-electron chi connectivity index (χ4n) is 8.53. The van der Waals surface area contributed by atoms with Crippen LogP contribution in [0.4, 0.5) is 15.3 Å². The number of nitrogens with zero attached hydrogens (tertiary/aromatic N) is 4. The van der Waals surface area contributed by atoms with Gasteiger partial charge in [-0.05, 0) is 74.0 Å². The third kappa shape index (κ3) is 18.0. The Balaban J connectivity index is 2.11. The van der Waals surface area contributed by atoms with E-state index >= 15 is 0 Å². The van der Waals surface area contributed by atoms with Gasteiger partial charge in [-0.1, -0.05) is 80.4 Å². The van der Waals surface area contributed by atoms with Gasteiger partial charge in [0.05, 0.1) is 12.1 Å². The summed E-state index contributed by atoms with van der Waals surface area (Å²) in [6, 6.07) is 1.70. The number of anilines is 1.